The van der Waals surface area contributed by atoms with E-state index in [1.165, 1.54) is 0 Å². The molecule has 0 bridgehead atoms. The van der Waals surface area contributed by atoms with Gasteiger partial charge >= 0.3 is 0 Å². The van der Waals surface area contributed by atoms with Crippen LogP contribution in [0.4, 0.5) is 0 Å². The van der Waals surface area contributed by atoms with E-state index in [0.717, 1.165) is 35.4 Å². The molecule has 100 valence electrons. The van der Waals surface area contributed by atoms with Crippen molar-refractivity contribution in [3.05, 3.63) is 52.6 Å². The van der Waals surface area contributed by atoms with Gasteiger partial charge in [-0.2, -0.15) is 0 Å². The summed E-state index contributed by atoms with van der Waals surface area (Å²) in [5, 5.41) is 3.33. The number of benzene rings is 1. The molecular weight excluding hydrogens is 304 g/mol. The summed E-state index contributed by atoms with van der Waals surface area (Å²) in [6, 6.07) is 13.6. The molecule has 0 unspecified atom stereocenters. The van der Waals surface area contributed by atoms with Crippen LogP contribution in [0.25, 0.3) is 0 Å². The summed E-state index contributed by atoms with van der Waals surface area (Å²) >= 11 is 3.42. The van der Waals surface area contributed by atoms with Crippen LogP contribution < -0.4 is 10.1 Å². The molecule has 0 aliphatic carbocycles. The van der Waals surface area contributed by atoms with Crippen molar-refractivity contribution in [1.82, 2.24) is 10.3 Å². The molecule has 3 nitrogen and oxygen atoms in total. The van der Waals surface area contributed by atoms with Gasteiger partial charge in [0.2, 0.25) is 5.88 Å². The number of nitrogens with zero attached hydrogens (tertiary/aromatic N) is 1. The van der Waals surface area contributed by atoms with E-state index in [-0.39, 0.29) is 0 Å². The third-order valence-corrected chi connectivity index (χ3v) is 3.03. The minimum atomic E-state index is 0.619. The lowest BCUT2D eigenvalue weighted by molar-refractivity contribution is 0.459. The Morgan fingerprint density at radius 2 is 2.05 bits per heavy atom. The fourth-order valence-corrected chi connectivity index (χ4v) is 2.04. The van der Waals surface area contributed by atoms with Crippen LogP contribution in [0, 0.1) is 0 Å². The number of ether oxygens (including phenoxy) is 1. The van der Waals surface area contributed by atoms with Gasteiger partial charge in [0, 0.05) is 17.1 Å². The first-order valence-electron chi connectivity index (χ1n) is 6.38. The molecular formula is C15H17BrN2O. The zero-order valence-corrected chi connectivity index (χ0v) is 12.5. The molecule has 1 N–H and O–H groups in total. The Balaban J connectivity index is 2.02. The zero-order chi connectivity index (χ0) is 13.5. The van der Waals surface area contributed by atoms with Crippen LogP contribution in [0.15, 0.2) is 46.9 Å². The average molecular weight is 321 g/mol. The Morgan fingerprint density at radius 1 is 1.21 bits per heavy atom. The van der Waals surface area contributed by atoms with Crippen LogP contribution in [0.1, 0.15) is 19.0 Å². The fourth-order valence-electron chi connectivity index (χ4n) is 1.66. The molecule has 1 aromatic heterocycles. The minimum absolute atomic E-state index is 0.619. The lowest BCUT2D eigenvalue weighted by atomic mass is 10.3. The molecule has 0 amide bonds. The van der Waals surface area contributed by atoms with Crippen molar-refractivity contribution in [2.45, 2.75) is 19.9 Å². The predicted molar refractivity (Wildman–Crippen MR) is 80.5 cm³/mol. The molecule has 0 aliphatic heterocycles. The minimum Gasteiger partial charge on any atom is -0.439 e. The third kappa shape index (κ3) is 4.65. The highest BCUT2D eigenvalue weighted by atomic mass is 79.9. The first kappa shape index (κ1) is 14.0. The number of halogens is 1. The van der Waals surface area contributed by atoms with Gasteiger partial charge < -0.3 is 10.1 Å². The van der Waals surface area contributed by atoms with Gasteiger partial charge in [0.25, 0.3) is 0 Å². The van der Waals surface area contributed by atoms with E-state index in [9.17, 15) is 0 Å². The summed E-state index contributed by atoms with van der Waals surface area (Å²) in [7, 11) is 0. The van der Waals surface area contributed by atoms with Gasteiger partial charge in [-0.25, -0.2) is 4.98 Å². The lowest BCUT2D eigenvalue weighted by Crippen LogP contribution is -2.14. The molecule has 0 saturated heterocycles. The summed E-state index contributed by atoms with van der Waals surface area (Å²) in [4.78, 5) is 4.47. The van der Waals surface area contributed by atoms with Gasteiger partial charge in [-0.1, -0.05) is 35.0 Å². The third-order valence-electron chi connectivity index (χ3n) is 2.53. The van der Waals surface area contributed by atoms with E-state index >= 15 is 0 Å². The molecule has 1 aromatic carbocycles. The highest BCUT2D eigenvalue weighted by molar-refractivity contribution is 9.10. The van der Waals surface area contributed by atoms with Gasteiger partial charge in [-0.15, -0.1) is 0 Å². The maximum Gasteiger partial charge on any atom is 0.219 e. The second kappa shape index (κ2) is 7.26. The first-order chi connectivity index (χ1) is 9.28. The molecule has 1 heterocycles. The number of hydrogen-bond donors (Lipinski definition) is 1. The van der Waals surface area contributed by atoms with Crippen LogP contribution in [0.3, 0.4) is 0 Å². The maximum absolute atomic E-state index is 5.74. The Morgan fingerprint density at radius 3 is 2.84 bits per heavy atom. The first-order valence-corrected chi connectivity index (χ1v) is 7.17. The highest BCUT2D eigenvalue weighted by Crippen LogP contribution is 2.22. The zero-order valence-electron chi connectivity index (χ0n) is 10.9. The predicted octanol–water partition coefficient (Wildman–Crippen LogP) is 4.14. The molecule has 0 saturated carbocycles. The van der Waals surface area contributed by atoms with Crippen molar-refractivity contribution >= 4 is 15.9 Å². The molecule has 19 heavy (non-hydrogen) atoms. The van der Waals surface area contributed by atoms with Crippen molar-refractivity contribution in [3.8, 4) is 11.6 Å². The van der Waals surface area contributed by atoms with Gasteiger partial charge in [-0.05, 0) is 37.2 Å². The molecule has 0 atom stereocenters. The molecule has 2 rings (SSSR count). The van der Waals surface area contributed by atoms with Crippen LogP contribution in [-0.2, 0) is 6.54 Å². The lowest BCUT2D eigenvalue weighted by Gasteiger charge is -2.07. The topological polar surface area (TPSA) is 34.1 Å². The maximum atomic E-state index is 5.74. The number of aromatic nitrogens is 1. The highest BCUT2D eigenvalue weighted by Gasteiger charge is 2.01. The number of pyridine rings is 1. The number of nitrogens with one attached hydrogen (secondary N) is 1. The summed E-state index contributed by atoms with van der Waals surface area (Å²) in [5.74, 6) is 1.40. The fraction of sp³-hybridized carbons (Fsp3) is 0.267. The Kier molecular flexibility index (Phi) is 5.36. The molecule has 0 spiro atoms. The van der Waals surface area contributed by atoms with Crippen LogP contribution >= 0.6 is 15.9 Å². The average Bonchev–Trinajstić information content (AvgIpc) is 2.39. The second-order valence-electron chi connectivity index (χ2n) is 4.20. The number of hydrogen-bond acceptors (Lipinski definition) is 3. The second-order valence-corrected chi connectivity index (χ2v) is 5.12. The SMILES string of the molecule is CCCNCc1cccc(Oc2cccc(Br)c2)n1. The van der Waals surface area contributed by atoms with Crippen molar-refractivity contribution in [1.29, 1.82) is 0 Å². The molecule has 2 aromatic rings. The van der Waals surface area contributed by atoms with Crippen molar-refractivity contribution in [2.24, 2.45) is 0 Å². The molecule has 0 radical (unpaired) electrons. The summed E-state index contributed by atoms with van der Waals surface area (Å²) in [5.41, 5.74) is 0.987. The van der Waals surface area contributed by atoms with E-state index in [0.29, 0.717) is 5.88 Å². The Labute approximate surface area is 122 Å². The van der Waals surface area contributed by atoms with Crippen molar-refractivity contribution in [2.75, 3.05) is 6.54 Å². The number of rotatable bonds is 6. The van der Waals surface area contributed by atoms with Gasteiger partial charge in [-0.3, -0.25) is 0 Å². The van der Waals surface area contributed by atoms with Crippen LogP contribution in [0.2, 0.25) is 0 Å². The van der Waals surface area contributed by atoms with E-state index < -0.39 is 0 Å². The normalized spacial score (nSPS) is 10.4. The summed E-state index contributed by atoms with van der Waals surface area (Å²) in [6.07, 6.45) is 1.12. The molecule has 0 fully saturated rings. The van der Waals surface area contributed by atoms with Gasteiger partial charge in [0.15, 0.2) is 0 Å². The monoisotopic (exact) mass is 320 g/mol. The largest absolute Gasteiger partial charge is 0.439 e. The smallest absolute Gasteiger partial charge is 0.219 e. The van der Waals surface area contributed by atoms with Gasteiger partial charge in [0.1, 0.15) is 5.75 Å². The van der Waals surface area contributed by atoms with E-state index in [2.05, 4.69) is 33.2 Å². The quantitative estimate of drug-likeness (QED) is 0.812. The van der Waals surface area contributed by atoms with E-state index in [4.69, 9.17) is 4.74 Å². The van der Waals surface area contributed by atoms with Crippen molar-refractivity contribution in [3.63, 3.8) is 0 Å². The Hall–Kier alpha value is -1.39. The summed E-state index contributed by atoms with van der Waals surface area (Å²) in [6.45, 7) is 3.91. The van der Waals surface area contributed by atoms with E-state index in [1.807, 2.05) is 42.5 Å². The standard InChI is InChI=1S/C15H17BrN2O/c1-2-9-17-11-13-6-4-8-15(18-13)19-14-7-3-5-12(16)10-14/h3-8,10,17H,2,9,11H2,1H3. The summed E-state index contributed by atoms with van der Waals surface area (Å²) < 4.78 is 6.73. The van der Waals surface area contributed by atoms with Crippen molar-refractivity contribution < 1.29 is 4.74 Å². The van der Waals surface area contributed by atoms with E-state index in [1.54, 1.807) is 0 Å². The molecule has 0 aliphatic rings. The van der Waals surface area contributed by atoms with Gasteiger partial charge in [0.05, 0.1) is 5.69 Å². The molecule has 4 heteroatoms. The van der Waals surface area contributed by atoms with Crippen LogP contribution in [0.5, 0.6) is 11.6 Å². The van der Waals surface area contributed by atoms with Crippen LogP contribution in [-0.4, -0.2) is 11.5 Å². The Bertz CT molecular complexity index is 531.